The van der Waals surface area contributed by atoms with Gasteiger partial charge in [0.15, 0.2) is 11.5 Å². The van der Waals surface area contributed by atoms with Crippen molar-refractivity contribution in [2.45, 2.75) is 20.8 Å². The molecule has 0 spiro atoms. The summed E-state index contributed by atoms with van der Waals surface area (Å²) in [5.41, 5.74) is 3.12. The minimum Gasteiger partial charge on any atom is -0.490 e. The molecule has 0 unspecified atom stereocenters. The van der Waals surface area contributed by atoms with Gasteiger partial charge in [0.25, 0.3) is 5.91 Å². The molecule has 0 aromatic heterocycles. The Labute approximate surface area is 212 Å². The molecule has 5 nitrogen and oxygen atoms in total. The summed E-state index contributed by atoms with van der Waals surface area (Å²) in [4.78, 5) is 14.7. The van der Waals surface area contributed by atoms with Crippen LogP contribution in [-0.4, -0.2) is 41.5 Å². The molecule has 0 saturated carbocycles. The zero-order chi connectivity index (χ0) is 24.0. The highest BCUT2D eigenvalue weighted by molar-refractivity contribution is 9.10. The minimum absolute atomic E-state index is 0.122. The van der Waals surface area contributed by atoms with E-state index in [4.69, 9.17) is 26.4 Å². The number of carbonyl (C=O) groups excluding carboxylic acids is 1. The number of hydrogen-bond donors (Lipinski definition) is 0. The van der Waals surface area contributed by atoms with E-state index in [1.807, 2.05) is 51.1 Å². The third-order valence-electron chi connectivity index (χ3n) is 4.61. The highest BCUT2D eigenvalue weighted by Crippen LogP contribution is 2.39. The van der Waals surface area contributed by atoms with Crippen molar-refractivity contribution in [3.8, 4) is 17.2 Å². The molecule has 1 aliphatic rings. The number of carbonyl (C=O) groups is 1. The molecule has 0 radical (unpaired) electrons. The average Bonchev–Trinajstić information content (AvgIpc) is 3.00. The van der Waals surface area contributed by atoms with E-state index in [0.29, 0.717) is 47.1 Å². The molecular formula is C25H26BrNO4S2. The van der Waals surface area contributed by atoms with Gasteiger partial charge in [0.05, 0.1) is 16.0 Å². The first kappa shape index (κ1) is 25.3. The summed E-state index contributed by atoms with van der Waals surface area (Å²) in [7, 11) is 0. The molecule has 3 rings (SSSR count). The molecule has 0 aliphatic carbocycles. The van der Waals surface area contributed by atoms with Crippen molar-refractivity contribution in [3.05, 3.63) is 69.1 Å². The zero-order valence-electron chi connectivity index (χ0n) is 18.9. The number of thioether (sulfide) groups is 1. The summed E-state index contributed by atoms with van der Waals surface area (Å²) < 4.78 is 18.9. The van der Waals surface area contributed by atoms with Crippen LogP contribution in [0.2, 0.25) is 0 Å². The molecule has 0 N–H and O–H groups in total. The van der Waals surface area contributed by atoms with Crippen LogP contribution in [0.25, 0.3) is 6.08 Å². The summed E-state index contributed by atoms with van der Waals surface area (Å²) in [6.07, 6.45) is 3.47. The van der Waals surface area contributed by atoms with Crippen LogP contribution in [0, 0.1) is 13.8 Å². The Morgan fingerprint density at radius 2 is 1.79 bits per heavy atom. The minimum atomic E-state index is -0.122. The van der Waals surface area contributed by atoms with Crippen molar-refractivity contribution in [3.63, 3.8) is 0 Å². The number of rotatable bonds is 10. The lowest BCUT2D eigenvalue weighted by Crippen LogP contribution is -2.27. The number of nitrogens with zero attached hydrogens (tertiary/aromatic N) is 1. The topological polar surface area (TPSA) is 48.0 Å². The molecule has 0 atom stereocenters. The van der Waals surface area contributed by atoms with Crippen LogP contribution >= 0.6 is 39.9 Å². The van der Waals surface area contributed by atoms with Gasteiger partial charge in [-0.15, -0.1) is 6.58 Å². The quantitative estimate of drug-likeness (QED) is 0.150. The predicted molar refractivity (Wildman–Crippen MR) is 142 cm³/mol. The van der Waals surface area contributed by atoms with Gasteiger partial charge in [-0.1, -0.05) is 36.1 Å². The van der Waals surface area contributed by atoms with Crippen LogP contribution in [0.1, 0.15) is 23.6 Å². The van der Waals surface area contributed by atoms with Gasteiger partial charge in [-0.05, 0) is 83.7 Å². The predicted octanol–water partition coefficient (Wildman–Crippen LogP) is 6.31. The maximum Gasteiger partial charge on any atom is 0.266 e. The maximum atomic E-state index is 12.6. The Hall–Kier alpha value is -2.29. The number of benzene rings is 2. The van der Waals surface area contributed by atoms with Gasteiger partial charge in [0, 0.05) is 6.54 Å². The van der Waals surface area contributed by atoms with Crippen molar-refractivity contribution in [1.29, 1.82) is 0 Å². The van der Waals surface area contributed by atoms with Crippen LogP contribution in [0.5, 0.6) is 17.2 Å². The van der Waals surface area contributed by atoms with Gasteiger partial charge in [0.1, 0.15) is 23.3 Å². The van der Waals surface area contributed by atoms with Crippen molar-refractivity contribution in [2.75, 3.05) is 26.4 Å². The van der Waals surface area contributed by atoms with Crippen LogP contribution in [0.4, 0.5) is 0 Å². The molecule has 8 heteroatoms. The lowest BCUT2D eigenvalue weighted by molar-refractivity contribution is -0.121. The molecule has 174 valence electrons. The first-order valence-corrected chi connectivity index (χ1v) is 12.5. The zero-order valence-corrected chi connectivity index (χ0v) is 22.1. The van der Waals surface area contributed by atoms with Gasteiger partial charge in [-0.25, -0.2) is 0 Å². The lowest BCUT2D eigenvalue weighted by atomic mass is 10.1. The molecule has 1 heterocycles. The van der Waals surface area contributed by atoms with E-state index >= 15 is 0 Å². The number of halogens is 1. The van der Waals surface area contributed by atoms with Gasteiger partial charge in [-0.3, -0.25) is 9.69 Å². The molecule has 2 aromatic carbocycles. The van der Waals surface area contributed by atoms with Crippen molar-refractivity contribution >= 4 is 56.2 Å². The molecule has 1 aliphatic heterocycles. The summed E-state index contributed by atoms with van der Waals surface area (Å²) in [6, 6.07) is 9.85. The largest absolute Gasteiger partial charge is 0.490 e. The Bertz CT molecular complexity index is 1080. The number of hydrogen-bond acceptors (Lipinski definition) is 6. The summed E-state index contributed by atoms with van der Waals surface area (Å²) in [5, 5.41) is 0. The summed E-state index contributed by atoms with van der Waals surface area (Å²) >= 11 is 10.2. The fourth-order valence-electron chi connectivity index (χ4n) is 3.33. The Kier molecular flexibility index (Phi) is 9.00. The van der Waals surface area contributed by atoms with E-state index in [-0.39, 0.29) is 5.91 Å². The van der Waals surface area contributed by atoms with E-state index in [1.54, 1.807) is 6.08 Å². The number of amides is 1. The molecule has 33 heavy (non-hydrogen) atoms. The van der Waals surface area contributed by atoms with E-state index < -0.39 is 0 Å². The van der Waals surface area contributed by atoms with Crippen molar-refractivity contribution < 1.29 is 19.0 Å². The lowest BCUT2D eigenvalue weighted by Gasteiger charge is -2.15. The second kappa shape index (κ2) is 11.7. The first-order valence-electron chi connectivity index (χ1n) is 10.5. The van der Waals surface area contributed by atoms with Crippen molar-refractivity contribution in [2.24, 2.45) is 0 Å². The second-order valence-corrected chi connectivity index (χ2v) is 9.89. The molecule has 1 fully saturated rings. The first-order chi connectivity index (χ1) is 15.8. The van der Waals surface area contributed by atoms with Crippen LogP contribution in [0.15, 0.2) is 52.4 Å². The van der Waals surface area contributed by atoms with Gasteiger partial charge < -0.3 is 14.2 Å². The molecule has 2 aromatic rings. The van der Waals surface area contributed by atoms with E-state index in [9.17, 15) is 4.79 Å². The third kappa shape index (κ3) is 6.62. The van der Waals surface area contributed by atoms with Crippen molar-refractivity contribution in [1.82, 2.24) is 4.90 Å². The van der Waals surface area contributed by atoms with E-state index in [0.717, 1.165) is 26.9 Å². The number of aryl methyl sites for hydroxylation is 2. The number of ether oxygens (including phenoxy) is 3. The second-order valence-electron chi connectivity index (χ2n) is 7.36. The van der Waals surface area contributed by atoms with E-state index in [2.05, 4.69) is 28.6 Å². The summed E-state index contributed by atoms with van der Waals surface area (Å²) in [5.74, 6) is 1.88. The van der Waals surface area contributed by atoms with Gasteiger partial charge in [0.2, 0.25) is 0 Å². The number of thiocarbonyl (C=S) groups is 1. The van der Waals surface area contributed by atoms with Crippen LogP contribution < -0.4 is 14.2 Å². The van der Waals surface area contributed by atoms with Crippen LogP contribution in [-0.2, 0) is 4.79 Å². The molecule has 0 bridgehead atoms. The Balaban J connectivity index is 1.72. The Morgan fingerprint density at radius 3 is 2.45 bits per heavy atom. The SMILES string of the molecule is C=CCN1C(=O)/C(=C/c2cc(Br)c(OCCOc3cc(C)cc(C)c3)c(OCC)c2)SC1=S. The Morgan fingerprint density at radius 1 is 1.09 bits per heavy atom. The fourth-order valence-corrected chi connectivity index (χ4v) is 5.18. The monoisotopic (exact) mass is 547 g/mol. The standard InChI is InChI=1S/C25H26BrNO4S2/c1-5-7-27-24(28)22(33-25(27)32)15-18-13-20(26)23(21(14-18)29-6-2)31-9-8-30-19-11-16(3)10-17(4)12-19/h5,10-15H,1,6-9H2,2-4H3/b22-15-. The molecule has 1 saturated heterocycles. The van der Waals surface area contributed by atoms with Gasteiger partial charge in [-0.2, -0.15) is 0 Å². The van der Waals surface area contributed by atoms with Crippen LogP contribution in [0.3, 0.4) is 0 Å². The average molecular weight is 549 g/mol. The maximum absolute atomic E-state index is 12.6. The van der Waals surface area contributed by atoms with Gasteiger partial charge >= 0.3 is 0 Å². The highest BCUT2D eigenvalue weighted by atomic mass is 79.9. The molecule has 1 amide bonds. The smallest absolute Gasteiger partial charge is 0.266 e. The fraction of sp³-hybridized carbons (Fsp3) is 0.280. The summed E-state index contributed by atoms with van der Waals surface area (Å²) in [6.45, 7) is 11.3. The van der Waals surface area contributed by atoms with E-state index in [1.165, 1.54) is 16.7 Å². The molecular weight excluding hydrogens is 522 g/mol. The highest BCUT2D eigenvalue weighted by Gasteiger charge is 2.31. The third-order valence-corrected chi connectivity index (χ3v) is 6.58. The normalized spacial score (nSPS) is 14.7.